The first kappa shape index (κ1) is 12.9. The Hall–Kier alpha value is -1.15. The standard InChI is InChI=1S/C14H22N2/c1-3-5-6-9-13(15-11-4-2)14-10-7-8-12-16-14/h3,7-8,10,12-13,15H,1,4-6,9,11H2,2H3. The van der Waals surface area contributed by atoms with Gasteiger partial charge in [-0.05, 0) is 44.4 Å². The van der Waals surface area contributed by atoms with Crippen molar-refractivity contribution < 1.29 is 0 Å². The zero-order chi connectivity index (χ0) is 11.6. The van der Waals surface area contributed by atoms with Crippen molar-refractivity contribution in [3.8, 4) is 0 Å². The molecule has 0 spiro atoms. The minimum Gasteiger partial charge on any atom is -0.309 e. The zero-order valence-electron chi connectivity index (χ0n) is 10.2. The van der Waals surface area contributed by atoms with Gasteiger partial charge in [-0.2, -0.15) is 0 Å². The second-order valence-corrected chi connectivity index (χ2v) is 3.98. The number of hydrogen-bond donors (Lipinski definition) is 1. The van der Waals surface area contributed by atoms with E-state index in [1.54, 1.807) is 0 Å². The molecule has 0 aromatic carbocycles. The van der Waals surface area contributed by atoms with Crippen molar-refractivity contribution >= 4 is 0 Å². The van der Waals surface area contributed by atoms with Gasteiger partial charge in [0, 0.05) is 12.2 Å². The Kier molecular flexibility index (Phi) is 6.50. The largest absolute Gasteiger partial charge is 0.309 e. The van der Waals surface area contributed by atoms with Crippen molar-refractivity contribution in [1.29, 1.82) is 0 Å². The van der Waals surface area contributed by atoms with Crippen molar-refractivity contribution in [2.45, 2.75) is 38.6 Å². The Morgan fingerprint density at radius 2 is 2.38 bits per heavy atom. The van der Waals surface area contributed by atoms with E-state index in [0.29, 0.717) is 6.04 Å². The summed E-state index contributed by atoms with van der Waals surface area (Å²) in [5, 5.41) is 3.55. The minimum absolute atomic E-state index is 0.390. The van der Waals surface area contributed by atoms with E-state index in [1.165, 1.54) is 6.42 Å². The molecular weight excluding hydrogens is 196 g/mol. The van der Waals surface area contributed by atoms with Crippen LogP contribution in [0.25, 0.3) is 0 Å². The maximum atomic E-state index is 4.42. The average molecular weight is 218 g/mol. The van der Waals surface area contributed by atoms with Gasteiger partial charge in [0.1, 0.15) is 0 Å². The van der Waals surface area contributed by atoms with E-state index < -0.39 is 0 Å². The molecule has 1 atom stereocenters. The molecule has 1 heterocycles. The summed E-state index contributed by atoms with van der Waals surface area (Å²) in [6.07, 6.45) is 8.38. The van der Waals surface area contributed by atoms with Gasteiger partial charge < -0.3 is 5.32 Å². The van der Waals surface area contributed by atoms with Crippen LogP contribution < -0.4 is 5.32 Å². The lowest BCUT2D eigenvalue weighted by atomic mass is 10.1. The number of pyridine rings is 1. The van der Waals surface area contributed by atoms with Gasteiger partial charge >= 0.3 is 0 Å². The first-order valence-electron chi connectivity index (χ1n) is 6.13. The Labute approximate surface area is 98.8 Å². The maximum Gasteiger partial charge on any atom is 0.0573 e. The van der Waals surface area contributed by atoms with Gasteiger partial charge in [0.2, 0.25) is 0 Å². The third-order valence-electron chi connectivity index (χ3n) is 2.59. The third-order valence-corrected chi connectivity index (χ3v) is 2.59. The molecule has 0 aliphatic rings. The van der Waals surface area contributed by atoms with Gasteiger partial charge in [-0.1, -0.05) is 19.1 Å². The molecule has 2 heteroatoms. The van der Waals surface area contributed by atoms with Crippen molar-refractivity contribution in [3.63, 3.8) is 0 Å². The van der Waals surface area contributed by atoms with Crippen LogP contribution in [0.2, 0.25) is 0 Å². The molecule has 1 aromatic rings. The van der Waals surface area contributed by atoms with Crippen LogP contribution in [0.4, 0.5) is 0 Å². The lowest BCUT2D eigenvalue weighted by molar-refractivity contribution is 0.476. The predicted molar refractivity (Wildman–Crippen MR) is 69.3 cm³/mol. The van der Waals surface area contributed by atoms with Crippen molar-refractivity contribution in [1.82, 2.24) is 10.3 Å². The molecule has 16 heavy (non-hydrogen) atoms. The van der Waals surface area contributed by atoms with Crippen molar-refractivity contribution in [2.75, 3.05) is 6.54 Å². The van der Waals surface area contributed by atoms with Gasteiger partial charge in [-0.25, -0.2) is 0 Å². The molecule has 2 nitrogen and oxygen atoms in total. The number of rotatable bonds is 8. The maximum absolute atomic E-state index is 4.42. The van der Waals surface area contributed by atoms with Crippen LogP contribution in [0, 0.1) is 0 Å². The number of unbranched alkanes of at least 4 members (excludes halogenated alkanes) is 1. The second kappa shape index (κ2) is 8.05. The molecule has 0 aliphatic carbocycles. The van der Waals surface area contributed by atoms with Crippen LogP contribution in [-0.4, -0.2) is 11.5 Å². The highest BCUT2D eigenvalue weighted by Crippen LogP contribution is 2.17. The molecule has 1 rings (SSSR count). The Morgan fingerprint density at radius 1 is 1.50 bits per heavy atom. The van der Waals surface area contributed by atoms with Crippen LogP contribution in [0.3, 0.4) is 0 Å². The highest BCUT2D eigenvalue weighted by Gasteiger charge is 2.10. The van der Waals surface area contributed by atoms with E-state index in [4.69, 9.17) is 0 Å². The van der Waals surface area contributed by atoms with Gasteiger partial charge in [0.05, 0.1) is 5.69 Å². The zero-order valence-corrected chi connectivity index (χ0v) is 10.2. The minimum atomic E-state index is 0.390. The summed E-state index contributed by atoms with van der Waals surface area (Å²) in [4.78, 5) is 4.42. The Balaban J connectivity index is 2.52. The van der Waals surface area contributed by atoms with Crippen LogP contribution >= 0.6 is 0 Å². The normalized spacial score (nSPS) is 12.3. The van der Waals surface area contributed by atoms with Crippen molar-refractivity contribution in [2.24, 2.45) is 0 Å². The van der Waals surface area contributed by atoms with Crippen LogP contribution in [0.1, 0.15) is 44.3 Å². The lowest BCUT2D eigenvalue weighted by Gasteiger charge is -2.17. The first-order chi connectivity index (χ1) is 7.88. The van der Waals surface area contributed by atoms with Crippen LogP contribution in [-0.2, 0) is 0 Å². The second-order valence-electron chi connectivity index (χ2n) is 3.98. The van der Waals surface area contributed by atoms with E-state index in [-0.39, 0.29) is 0 Å². The highest BCUT2D eigenvalue weighted by atomic mass is 14.9. The molecule has 1 aromatic heterocycles. The number of hydrogen-bond acceptors (Lipinski definition) is 2. The summed E-state index contributed by atoms with van der Waals surface area (Å²) < 4.78 is 0. The summed E-state index contributed by atoms with van der Waals surface area (Å²) in [7, 11) is 0. The highest BCUT2D eigenvalue weighted by molar-refractivity contribution is 5.08. The summed E-state index contributed by atoms with van der Waals surface area (Å²) in [6, 6.07) is 6.50. The Bertz CT molecular complexity index is 282. The summed E-state index contributed by atoms with van der Waals surface area (Å²) >= 11 is 0. The van der Waals surface area contributed by atoms with E-state index >= 15 is 0 Å². The molecule has 0 fully saturated rings. The molecule has 88 valence electrons. The molecule has 1 N–H and O–H groups in total. The fraction of sp³-hybridized carbons (Fsp3) is 0.500. The van der Waals surface area contributed by atoms with Gasteiger partial charge in [-0.15, -0.1) is 6.58 Å². The van der Waals surface area contributed by atoms with Crippen LogP contribution in [0.15, 0.2) is 37.1 Å². The van der Waals surface area contributed by atoms with E-state index in [2.05, 4.69) is 35.9 Å². The summed E-state index contributed by atoms with van der Waals surface area (Å²) in [5.74, 6) is 0. The number of nitrogens with one attached hydrogen (secondary N) is 1. The average Bonchev–Trinajstić information content (AvgIpc) is 2.35. The molecule has 1 unspecified atom stereocenters. The third kappa shape index (κ3) is 4.58. The smallest absolute Gasteiger partial charge is 0.0573 e. The van der Waals surface area contributed by atoms with Gasteiger partial charge in [0.15, 0.2) is 0 Å². The molecule has 0 radical (unpaired) electrons. The topological polar surface area (TPSA) is 24.9 Å². The fourth-order valence-corrected chi connectivity index (χ4v) is 1.72. The van der Waals surface area contributed by atoms with Crippen molar-refractivity contribution in [3.05, 3.63) is 42.7 Å². The molecule has 0 saturated heterocycles. The fourth-order valence-electron chi connectivity index (χ4n) is 1.72. The quantitative estimate of drug-likeness (QED) is 0.534. The first-order valence-corrected chi connectivity index (χ1v) is 6.13. The Morgan fingerprint density at radius 3 is 3.00 bits per heavy atom. The molecule has 0 aliphatic heterocycles. The lowest BCUT2D eigenvalue weighted by Crippen LogP contribution is -2.22. The number of allylic oxidation sites excluding steroid dienone is 1. The molecular formula is C14H22N2. The monoisotopic (exact) mass is 218 g/mol. The summed E-state index contributed by atoms with van der Waals surface area (Å²) in [5.41, 5.74) is 1.15. The molecule has 0 bridgehead atoms. The molecule has 0 saturated carbocycles. The van der Waals surface area contributed by atoms with E-state index in [0.717, 1.165) is 31.5 Å². The summed E-state index contributed by atoms with van der Waals surface area (Å²) in [6.45, 7) is 6.99. The van der Waals surface area contributed by atoms with E-state index in [9.17, 15) is 0 Å². The molecule has 0 amide bonds. The van der Waals surface area contributed by atoms with Gasteiger partial charge in [0.25, 0.3) is 0 Å². The number of nitrogens with zero attached hydrogens (tertiary/aromatic N) is 1. The SMILES string of the molecule is C=CCCCC(NCCC)c1ccccn1. The van der Waals surface area contributed by atoms with E-state index in [1.807, 2.05) is 18.3 Å². The van der Waals surface area contributed by atoms with Crippen LogP contribution in [0.5, 0.6) is 0 Å². The number of aromatic nitrogens is 1. The predicted octanol–water partition coefficient (Wildman–Crippen LogP) is 3.48. The van der Waals surface area contributed by atoms with Gasteiger partial charge in [-0.3, -0.25) is 4.98 Å².